The van der Waals surface area contributed by atoms with Gasteiger partial charge >= 0.3 is 5.97 Å². The van der Waals surface area contributed by atoms with Crippen molar-refractivity contribution < 1.29 is 19.1 Å². The molecule has 0 radical (unpaired) electrons. The van der Waals surface area contributed by atoms with Crippen LogP contribution in [0.15, 0.2) is 24.3 Å². The van der Waals surface area contributed by atoms with E-state index in [0.717, 1.165) is 36.9 Å². The second kappa shape index (κ2) is 6.79. The zero-order valence-electron chi connectivity index (χ0n) is 15.0. The van der Waals surface area contributed by atoms with Crippen molar-refractivity contribution in [1.82, 2.24) is 15.1 Å². The molecule has 2 N–H and O–H groups in total. The summed E-state index contributed by atoms with van der Waals surface area (Å²) in [5.41, 5.74) is 0.922. The number of halogens is 1. The molecule has 6 nitrogen and oxygen atoms in total. The Morgan fingerprint density at radius 1 is 1.11 bits per heavy atom. The molecule has 2 aliphatic carbocycles. The molecule has 7 heteroatoms. The Bertz CT molecular complexity index is 900. The van der Waals surface area contributed by atoms with Crippen LogP contribution in [0.1, 0.15) is 60.3 Å². The number of carbonyl (C=O) groups is 2. The number of hydrogen-bond acceptors (Lipinski definition) is 3. The van der Waals surface area contributed by atoms with Crippen molar-refractivity contribution in [3.8, 4) is 5.69 Å². The fourth-order valence-electron chi connectivity index (χ4n) is 4.27. The maximum atomic E-state index is 14.3. The van der Waals surface area contributed by atoms with Crippen LogP contribution in [0, 0.1) is 5.82 Å². The zero-order chi connectivity index (χ0) is 19.0. The SMILES string of the molecule is O=C(NC1(C(=O)O)CCCCC1)c1nn(-c2ccccc2F)c2c1CCC2. The van der Waals surface area contributed by atoms with Gasteiger partial charge < -0.3 is 10.4 Å². The number of aromatic nitrogens is 2. The van der Waals surface area contributed by atoms with Gasteiger partial charge in [0, 0.05) is 11.3 Å². The molecule has 4 rings (SSSR count). The van der Waals surface area contributed by atoms with Gasteiger partial charge in [-0.05, 0) is 44.2 Å². The number of carbonyl (C=O) groups excluding carboxylic acids is 1. The van der Waals surface area contributed by atoms with Gasteiger partial charge in [-0.15, -0.1) is 0 Å². The molecule has 2 aliphatic rings. The number of carboxylic acids is 1. The summed E-state index contributed by atoms with van der Waals surface area (Å²) < 4.78 is 15.8. The van der Waals surface area contributed by atoms with Gasteiger partial charge in [-0.25, -0.2) is 13.9 Å². The van der Waals surface area contributed by atoms with Gasteiger partial charge in [0.25, 0.3) is 5.91 Å². The minimum absolute atomic E-state index is 0.219. The monoisotopic (exact) mass is 371 g/mol. The molecule has 0 saturated heterocycles. The lowest BCUT2D eigenvalue weighted by molar-refractivity contribution is -0.145. The third-order valence-corrected chi connectivity index (χ3v) is 5.70. The Morgan fingerprint density at radius 3 is 2.56 bits per heavy atom. The molecule has 1 saturated carbocycles. The van der Waals surface area contributed by atoms with Crippen LogP contribution in [-0.4, -0.2) is 32.3 Å². The highest BCUT2D eigenvalue weighted by Gasteiger charge is 2.42. The van der Waals surface area contributed by atoms with E-state index in [-0.39, 0.29) is 5.69 Å². The van der Waals surface area contributed by atoms with Gasteiger partial charge in [0.15, 0.2) is 5.69 Å². The van der Waals surface area contributed by atoms with Gasteiger partial charge in [-0.2, -0.15) is 5.10 Å². The van der Waals surface area contributed by atoms with Crippen molar-refractivity contribution in [2.45, 2.75) is 56.9 Å². The molecule has 0 unspecified atom stereocenters. The van der Waals surface area contributed by atoms with Crippen molar-refractivity contribution in [3.63, 3.8) is 0 Å². The first-order valence-electron chi connectivity index (χ1n) is 9.43. The normalized spacial score (nSPS) is 18.1. The average molecular weight is 371 g/mol. The molecular weight excluding hydrogens is 349 g/mol. The molecule has 1 aromatic carbocycles. The smallest absolute Gasteiger partial charge is 0.329 e. The predicted octanol–water partition coefficient (Wildman–Crippen LogP) is 3.02. The zero-order valence-corrected chi connectivity index (χ0v) is 15.0. The highest BCUT2D eigenvalue weighted by Crippen LogP contribution is 2.31. The Morgan fingerprint density at radius 2 is 1.85 bits per heavy atom. The molecule has 0 bridgehead atoms. The van der Waals surface area contributed by atoms with E-state index in [1.807, 2.05) is 0 Å². The fourth-order valence-corrected chi connectivity index (χ4v) is 4.27. The Kier molecular flexibility index (Phi) is 4.45. The largest absolute Gasteiger partial charge is 0.480 e. The minimum atomic E-state index is -1.23. The fraction of sp³-hybridized carbons (Fsp3) is 0.450. The third kappa shape index (κ3) is 3.01. The maximum Gasteiger partial charge on any atom is 0.329 e. The van der Waals surface area contributed by atoms with E-state index >= 15 is 0 Å². The Balaban J connectivity index is 1.70. The number of carboxylic acid groups (broad SMARTS) is 1. The van der Waals surface area contributed by atoms with Crippen molar-refractivity contribution in [1.29, 1.82) is 0 Å². The number of aliphatic carboxylic acids is 1. The molecule has 27 heavy (non-hydrogen) atoms. The highest BCUT2D eigenvalue weighted by molar-refractivity contribution is 5.98. The van der Waals surface area contributed by atoms with Gasteiger partial charge in [-0.1, -0.05) is 31.4 Å². The van der Waals surface area contributed by atoms with Gasteiger partial charge in [0.05, 0.1) is 0 Å². The van der Waals surface area contributed by atoms with Crippen LogP contribution in [-0.2, 0) is 17.6 Å². The number of fused-ring (bicyclic) bond motifs is 1. The van der Waals surface area contributed by atoms with E-state index in [9.17, 15) is 19.1 Å². The van der Waals surface area contributed by atoms with Crippen molar-refractivity contribution in [2.75, 3.05) is 0 Å². The second-order valence-electron chi connectivity index (χ2n) is 7.39. The molecule has 2 aromatic rings. The number of nitrogens with zero attached hydrogens (tertiary/aromatic N) is 2. The Hall–Kier alpha value is -2.70. The van der Waals surface area contributed by atoms with E-state index in [1.54, 1.807) is 18.2 Å². The van der Waals surface area contributed by atoms with Gasteiger partial charge in [-0.3, -0.25) is 4.79 Å². The number of amides is 1. The van der Waals surface area contributed by atoms with Crippen LogP contribution in [0.2, 0.25) is 0 Å². The van der Waals surface area contributed by atoms with Gasteiger partial charge in [0.2, 0.25) is 0 Å². The first-order valence-corrected chi connectivity index (χ1v) is 9.43. The lowest BCUT2D eigenvalue weighted by Gasteiger charge is -2.33. The quantitative estimate of drug-likeness (QED) is 0.865. The van der Waals surface area contributed by atoms with Crippen molar-refractivity contribution in [2.24, 2.45) is 0 Å². The van der Waals surface area contributed by atoms with Crippen LogP contribution < -0.4 is 5.32 Å². The summed E-state index contributed by atoms with van der Waals surface area (Å²) in [4.78, 5) is 24.8. The molecule has 1 fully saturated rings. The van der Waals surface area contributed by atoms with Gasteiger partial charge in [0.1, 0.15) is 17.0 Å². The Labute approximate surface area is 156 Å². The molecule has 1 aromatic heterocycles. The minimum Gasteiger partial charge on any atom is -0.480 e. The lowest BCUT2D eigenvalue weighted by Crippen LogP contribution is -2.55. The van der Waals surface area contributed by atoms with Crippen LogP contribution in [0.5, 0.6) is 0 Å². The summed E-state index contributed by atoms with van der Waals surface area (Å²) in [5.74, 6) is -1.88. The number of nitrogens with one attached hydrogen (secondary N) is 1. The maximum absolute atomic E-state index is 14.3. The van der Waals surface area contributed by atoms with E-state index < -0.39 is 23.2 Å². The predicted molar refractivity (Wildman–Crippen MR) is 96.5 cm³/mol. The lowest BCUT2D eigenvalue weighted by atomic mass is 9.81. The summed E-state index contributed by atoms with van der Waals surface area (Å²) in [6.07, 6.45) is 5.63. The van der Waals surface area contributed by atoms with Crippen LogP contribution in [0.4, 0.5) is 4.39 Å². The first kappa shape index (κ1) is 17.7. The second-order valence-corrected chi connectivity index (χ2v) is 7.39. The van der Waals surface area contributed by atoms with E-state index in [1.165, 1.54) is 10.7 Å². The molecule has 142 valence electrons. The molecule has 0 atom stereocenters. The average Bonchev–Trinajstić information content (AvgIpc) is 3.25. The highest BCUT2D eigenvalue weighted by atomic mass is 19.1. The number of hydrogen-bond donors (Lipinski definition) is 2. The third-order valence-electron chi connectivity index (χ3n) is 5.70. The van der Waals surface area contributed by atoms with E-state index in [2.05, 4.69) is 10.4 Å². The number of benzene rings is 1. The van der Waals surface area contributed by atoms with E-state index in [0.29, 0.717) is 31.4 Å². The molecular formula is C20H22FN3O3. The number of rotatable bonds is 4. The molecule has 1 heterocycles. The standard InChI is InChI=1S/C20H22FN3O3/c21-14-8-2-3-9-16(14)24-15-10-6-7-13(15)17(23-24)18(25)22-20(19(26)27)11-4-1-5-12-20/h2-3,8-9H,1,4-7,10-12H2,(H,22,25)(H,26,27). The summed E-state index contributed by atoms with van der Waals surface area (Å²) in [7, 11) is 0. The summed E-state index contributed by atoms with van der Waals surface area (Å²) in [6.45, 7) is 0. The van der Waals surface area contributed by atoms with Crippen LogP contribution in [0.3, 0.4) is 0 Å². The summed E-state index contributed by atoms with van der Waals surface area (Å²) in [6, 6.07) is 6.32. The van der Waals surface area contributed by atoms with Crippen LogP contribution >= 0.6 is 0 Å². The summed E-state index contributed by atoms with van der Waals surface area (Å²) >= 11 is 0. The van der Waals surface area contributed by atoms with Crippen molar-refractivity contribution >= 4 is 11.9 Å². The molecule has 0 spiro atoms. The molecule has 1 amide bonds. The first-order chi connectivity index (χ1) is 13.0. The summed E-state index contributed by atoms with van der Waals surface area (Å²) in [5, 5.41) is 16.8. The topological polar surface area (TPSA) is 84.2 Å². The number of para-hydroxylation sites is 1. The van der Waals surface area contributed by atoms with Crippen LogP contribution in [0.25, 0.3) is 5.69 Å². The van der Waals surface area contributed by atoms with E-state index in [4.69, 9.17) is 0 Å². The van der Waals surface area contributed by atoms with Crippen molar-refractivity contribution in [3.05, 3.63) is 47.0 Å². The molecule has 0 aliphatic heterocycles.